The number of nitrogens with one attached hydrogen (secondary N) is 2. The molecule has 0 radical (unpaired) electrons. The van der Waals surface area contributed by atoms with Crippen molar-refractivity contribution in [3.63, 3.8) is 0 Å². The van der Waals surface area contributed by atoms with Crippen LogP contribution >= 0.6 is 27.7 Å². The highest BCUT2D eigenvalue weighted by Gasteiger charge is 2.37. The third kappa shape index (κ3) is 6.36. The molecule has 0 aromatic heterocycles. The minimum absolute atomic E-state index is 0.0704. The predicted molar refractivity (Wildman–Crippen MR) is 155 cm³/mol. The number of amides is 1. The van der Waals surface area contributed by atoms with E-state index < -0.39 is 11.9 Å². The van der Waals surface area contributed by atoms with Gasteiger partial charge in [0.15, 0.2) is 0 Å². The van der Waals surface area contributed by atoms with E-state index in [0.717, 1.165) is 21.2 Å². The molecule has 3 aromatic carbocycles. The number of nitriles is 1. The minimum atomic E-state index is -0.659. The number of esters is 1. The topological polar surface area (TPSA) is 91.2 Å². The zero-order chi connectivity index (χ0) is 27.1. The molecule has 0 bridgehead atoms. The van der Waals surface area contributed by atoms with E-state index in [-0.39, 0.29) is 18.3 Å². The van der Waals surface area contributed by atoms with Gasteiger partial charge in [-0.1, -0.05) is 87.9 Å². The fourth-order valence-electron chi connectivity index (χ4n) is 4.12. The van der Waals surface area contributed by atoms with Crippen LogP contribution in [0.2, 0.25) is 0 Å². The van der Waals surface area contributed by atoms with Crippen LogP contribution in [0.5, 0.6) is 0 Å². The summed E-state index contributed by atoms with van der Waals surface area (Å²) in [5.74, 6) is -1.29. The summed E-state index contributed by atoms with van der Waals surface area (Å²) in [6, 6.07) is 26.8. The number of carbonyl (C=O) groups excluding carboxylic acids is 2. The van der Waals surface area contributed by atoms with E-state index >= 15 is 0 Å². The largest absolute Gasteiger partial charge is 0.463 e. The molecular weight excluding hydrogens is 562 g/mol. The molecule has 1 aliphatic heterocycles. The molecule has 2 N–H and O–H groups in total. The van der Waals surface area contributed by atoms with Crippen molar-refractivity contribution >= 4 is 51.0 Å². The van der Waals surface area contributed by atoms with Crippen molar-refractivity contribution in [2.45, 2.75) is 19.8 Å². The van der Waals surface area contributed by atoms with E-state index in [0.29, 0.717) is 27.6 Å². The van der Waals surface area contributed by atoms with Crippen LogP contribution in [0.3, 0.4) is 0 Å². The van der Waals surface area contributed by atoms with Crippen LogP contribution in [-0.2, 0) is 14.3 Å². The number of aryl methyl sites for hydroxylation is 1. The van der Waals surface area contributed by atoms with E-state index in [1.807, 2.05) is 73.7 Å². The third-order valence-corrected chi connectivity index (χ3v) is 7.44. The summed E-state index contributed by atoms with van der Waals surface area (Å²) in [6.45, 7) is 3.94. The summed E-state index contributed by atoms with van der Waals surface area (Å²) in [5.41, 5.74) is 4.60. The number of rotatable bonds is 8. The van der Waals surface area contributed by atoms with Crippen molar-refractivity contribution in [3.05, 3.63) is 116 Å². The molecule has 0 aliphatic carbocycles. The number of hydrogen-bond donors (Lipinski definition) is 2. The molecule has 3 aromatic rings. The maximum Gasteiger partial charge on any atom is 0.337 e. The molecule has 38 heavy (non-hydrogen) atoms. The Morgan fingerprint density at radius 3 is 2.37 bits per heavy atom. The first kappa shape index (κ1) is 27.2. The fraction of sp³-hybridized carbons (Fsp3) is 0.167. The van der Waals surface area contributed by atoms with Gasteiger partial charge in [-0.3, -0.25) is 4.79 Å². The Kier molecular flexibility index (Phi) is 9.06. The number of dihydropyridines is 1. The zero-order valence-corrected chi connectivity index (χ0v) is 23.4. The molecule has 8 heteroatoms. The summed E-state index contributed by atoms with van der Waals surface area (Å²) in [6.07, 6.45) is 0. The number of benzene rings is 3. The standard InChI is InChI=1S/C30H26BrN3O3S/c1-3-37-30(36)27-26(20-11-9-19(2)10-12-20)24(17-32)29(34-28(27)21-7-5-4-6-8-21)38-18-25(35)33-23-15-13-22(31)14-16-23/h4-16,26,34H,3,18H2,1-2H3,(H,33,35). The van der Waals surface area contributed by atoms with Gasteiger partial charge in [-0.05, 0) is 49.2 Å². The van der Waals surface area contributed by atoms with Gasteiger partial charge in [0.25, 0.3) is 0 Å². The van der Waals surface area contributed by atoms with E-state index in [1.54, 1.807) is 19.1 Å². The first-order valence-corrected chi connectivity index (χ1v) is 13.8. The maximum atomic E-state index is 13.4. The summed E-state index contributed by atoms with van der Waals surface area (Å²) in [4.78, 5) is 26.1. The van der Waals surface area contributed by atoms with Crippen molar-refractivity contribution in [2.75, 3.05) is 17.7 Å². The van der Waals surface area contributed by atoms with Crippen LogP contribution in [0.1, 0.15) is 29.5 Å². The Hall–Kier alpha value is -3.80. The van der Waals surface area contributed by atoms with Crippen LogP contribution in [0.25, 0.3) is 5.70 Å². The number of allylic oxidation sites excluding steroid dienone is 1. The molecule has 1 amide bonds. The van der Waals surface area contributed by atoms with Crippen LogP contribution in [0.15, 0.2) is 99.5 Å². The van der Waals surface area contributed by atoms with Gasteiger partial charge in [0, 0.05) is 10.2 Å². The average molecular weight is 589 g/mol. The molecule has 0 saturated carbocycles. The van der Waals surface area contributed by atoms with Crippen LogP contribution < -0.4 is 10.6 Å². The molecule has 192 valence electrons. The highest BCUT2D eigenvalue weighted by atomic mass is 79.9. The lowest BCUT2D eigenvalue weighted by Crippen LogP contribution is -2.29. The highest BCUT2D eigenvalue weighted by molar-refractivity contribution is 9.10. The van der Waals surface area contributed by atoms with Crippen molar-refractivity contribution in [3.8, 4) is 6.07 Å². The lowest BCUT2D eigenvalue weighted by Gasteiger charge is -2.30. The van der Waals surface area contributed by atoms with Crippen molar-refractivity contribution in [1.82, 2.24) is 5.32 Å². The predicted octanol–water partition coefficient (Wildman–Crippen LogP) is 6.53. The van der Waals surface area contributed by atoms with Gasteiger partial charge in [-0.2, -0.15) is 5.26 Å². The molecule has 0 saturated heterocycles. The third-order valence-electron chi connectivity index (χ3n) is 5.89. The molecule has 0 fully saturated rings. The number of thioether (sulfide) groups is 1. The van der Waals surface area contributed by atoms with Gasteiger partial charge >= 0.3 is 5.97 Å². The van der Waals surface area contributed by atoms with E-state index in [2.05, 4.69) is 32.6 Å². The minimum Gasteiger partial charge on any atom is -0.463 e. The molecular formula is C30H26BrN3O3S. The number of hydrogen-bond acceptors (Lipinski definition) is 6. The van der Waals surface area contributed by atoms with Crippen LogP contribution in [0, 0.1) is 18.3 Å². The van der Waals surface area contributed by atoms with Crippen molar-refractivity contribution < 1.29 is 14.3 Å². The van der Waals surface area contributed by atoms with Crippen LogP contribution in [-0.4, -0.2) is 24.2 Å². The summed E-state index contributed by atoms with van der Waals surface area (Å²) in [5, 5.41) is 17.0. The Labute approximate surface area is 234 Å². The van der Waals surface area contributed by atoms with Gasteiger partial charge in [-0.25, -0.2) is 4.79 Å². The number of nitrogens with zero attached hydrogens (tertiary/aromatic N) is 1. The molecule has 1 heterocycles. The monoisotopic (exact) mass is 587 g/mol. The molecule has 1 atom stereocenters. The second-order valence-electron chi connectivity index (χ2n) is 8.54. The molecule has 4 rings (SSSR count). The maximum absolute atomic E-state index is 13.4. The Balaban J connectivity index is 1.75. The van der Waals surface area contributed by atoms with Crippen molar-refractivity contribution in [2.24, 2.45) is 0 Å². The quantitative estimate of drug-likeness (QED) is 0.291. The normalized spacial score (nSPS) is 14.9. The Bertz CT molecular complexity index is 1430. The van der Waals surface area contributed by atoms with Gasteiger partial charge in [0.2, 0.25) is 5.91 Å². The van der Waals surface area contributed by atoms with Gasteiger partial charge in [0.1, 0.15) is 0 Å². The van der Waals surface area contributed by atoms with Crippen LogP contribution in [0.4, 0.5) is 5.69 Å². The smallest absolute Gasteiger partial charge is 0.337 e. The number of anilines is 1. The first-order valence-electron chi connectivity index (χ1n) is 12.0. The second-order valence-corrected chi connectivity index (χ2v) is 10.4. The van der Waals surface area contributed by atoms with Gasteiger partial charge in [-0.15, -0.1) is 0 Å². The number of carbonyl (C=O) groups is 2. The van der Waals surface area contributed by atoms with Gasteiger partial charge in [0.05, 0.1) is 46.2 Å². The van der Waals surface area contributed by atoms with Crippen molar-refractivity contribution in [1.29, 1.82) is 5.26 Å². The average Bonchev–Trinajstić information content (AvgIpc) is 2.93. The van der Waals surface area contributed by atoms with E-state index in [1.165, 1.54) is 11.8 Å². The number of ether oxygens (including phenoxy) is 1. The number of halogens is 1. The summed E-state index contributed by atoms with van der Waals surface area (Å²) < 4.78 is 6.38. The zero-order valence-electron chi connectivity index (χ0n) is 21.0. The molecule has 6 nitrogen and oxygen atoms in total. The fourth-order valence-corrected chi connectivity index (χ4v) is 5.22. The molecule has 0 spiro atoms. The molecule has 1 aliphatic rings. The lowest BCUT2D eigenvalue weighted by molar-refractivity contribution is -0.138. The first-order chi connectivity index (χ1) is 18.4. The van der Waals surface area contributed by atoms with E-state index in [4.69, 9.17) is 4.74 Å². The second kappa shape index (κ2) is 12.6. The van der Waals surface area contributed by atoms with Gasteiger partial charge < -0.3 is 15.4 Å². The lowest BCUT2D eigenvalue weighted by atomic mass is 9.81. The summed E-state index contributed by atoms with van der Waals surface area (Å²) >= 11 is 4.61. The molecule has 1 unspecified atom stereocenters. The Morgan fingerprint density at radius 1 is 1.05 bits per heavy atom. The Morgan fingerprint density at radius 2 is 1.74 bits per heavy atom. The highest BCUT2D eigenvalue weighted by Crippen LogP contribution is 2.43. The summed E-state index contributed by atoms with van der Waals surface area (Å²) in [7, 11) is 0. The SMILES string of the molecule is CCOC(=O)C1=C(c2ccccc2)NC(SCC(=O)Nc2ccc(Br)cc2)=C(C#N)C1c1ccc(C)cc1. The van der Waals surface area contributed by atoms with E-state index in [9.17, 15) is 14.9 Å².